The molecule has 0 aliphatic carbocycles. The van der Waals surface area contributed by atoms with Gasteiger partial charge in [-0.3, -0.25) is 4.79 Å². The summed E-state index contributed by atoms with van der Waals surface area (Å²) in [6.45, 7) is 0.238. The van der Waals surface area contributed by atoms with Gasteiger partial charge >= 0.3 is 0 Å². The Labute approximate surface area is 106 Å². The summed E-state index contributed by atoms with van der Waals surface area (Å²) in [7, 11) is 0. The Bertz CT molecular complexity index is 611. The molecule has 0 bridgehead atoms. The molecule has 1 aromatic heterocycles. The summed E-state index contributed by atoms with van der Waals surface area (Å²) in [4.78, 5) is 15.0. The molecule has 2 aromatic rings. The van der Waals surface area contributed by atoms with Gasteiger partial charge in [0.05, 0.1) is 0 Å². The number of anilines is 2. The summed E-state index contributed by atoms with van der Waals surface area (Å²) in [5.74, 6) is 0.870. The Morgan fingerprint density at radius 1 is 1.39 bits per heavy atom. The van der Waals surface area contributed by atoms with Crippen LogP contribution in [-0.2, 0) is 0 Å². The van der Waals surface area contributed by atoms with E-state index in [1.165, 1.54) is 11.3 Å². The van der Waals surface area contributed by atoms with Gasteiger partial charge in [-0.05, 0) is 12.1 Å². The number of fused-ring (bicyclic) bond motifs is 1. The first-order valence-electron chi connectivity index (χ1n) is 5.14. The van der Waals surface area contributed by atoms with Crippen molar-refractivity contribution in [1.29, 1.82) is 0 Å². The van der Waals surface area contributed by atoms with Gasteiger partial charge in [0.2, 0.25) is 6.79 Å². The monoisotopic (exact) mass is 263 g/mol. The number of carbonyl (C=O) groups excluding carboxylic acids is 1. The first kappa shape index (κ1) is 10.8. The van der Waals surface area contributed by atoms with Crippen molar-refractivity contribution in [3.8, 4) is 11.5 Å². The largest absolute Gasteiger partial charge is 0.454 e. The number of aromatic nitrogens is 1. The average Bonchev–Trinajstić information content (AvgIpc) is 2.96. The normalized spacial score (nSPS) is 12.4. The van der Waals surface area contributed by atoms with Crippen molar-refractivity contribution in [2.24, 2.45) is 5.73 Å². The molecule has 0 saturated heterocycles. The van der Waals surface area contributed by atoms with Crippen molar-refractivity contribution in [2.45, 2.75) is 0 Å². The van der Waals surface area contributed by atoms with Crippen LogP contribution < -0.4 is 20.5 Å². The van der Waals surface area contributed by atoms with E-state index in [9.17, 15) is 4.79 Å². The van der Waals surface area contributed by atoms with E-state index in [0.717, 1.165) is 11.4 Å². The van der Waals surface area contributed by atoms with Crippen molar-refractivity contribution in [2.75, 3.05) is 12.1 Å². The smallest absolute Gasteiger partial charge is 0.268 e. The van der Waals surface area contributed by atoms with Gasteiger partial charge in [0.1, 0.15) is 5.69 Å². The van der Waals surface area contributed by atoms with Gasteiger partial charge in [-0.2, -0.15) is 0 Å². The SMILES string of the molecule is NC(=O)c1csc(Nc2ccc3c(c2)OCO3)n1. The van der Waals surface area contributed by atoms with E-state index in [4.69, 9.17) is 15.2 Å². The van der Waals surface area contributed by atoms with E-state index < -0.39 is 5.91 Å². The Morgan fingerprint density at radius 2 is 2.22 bits per heavy atom. The highest BCUT2D eigenvalue weighted by atomic mass is 32.1. The highest BCUT2D eigenvalue weighted by Gasteiger charge is 2.14. The van der Waals surface area contributed by atoms with Gasteiger partial charge < -0.3 is 20.5 Å². The first-order valence-corrected chi connectivity index (χ1v) is 6.02. The maximum atomic E-state index is 10.9. The molecule has 0 saturated carbocycles. The summed E-state index contributed by atoms with van der Waals surface area (Å²) in [6, 6.07) is 5.47. The minimum Gasteiger partial charge on any atom is -0.454 e. The predicted molar refractivity (Wildman–Crippen MR) is 66.5 cm³/mol. The molecule has 1 aliphatic heterocycles. The van der Waals surface area contributed by atoms with E-state index in [1.54, 1.807) is 5.38 Å². The van der Waals surface area contributed by atoms with E-state index in [-0.39, 0.29) is 12.5 Å². The van der Waals surface area contributed by atoms with Crippen molar-refractivity contribution in [3.63, 3.8) is 0 Å². The number of benzene rings is 1. The molecule has 2 heterocycles. The Hall–Kier alpha value is -2.28. The lowest BCUT2D eigenvalue weighted by atomic mass is 10.3. The van der Waals surface area contributed by atoms with Crippen LogP contribution in [0.25, 0.3) is 0 Å². The van der Waals surface area contributed by atoms with Crippen LogP contribution in [0, 0.1) is 0 Å². The standard InChI is InChI=1S/C11H9N3O3S/c12-10(15)7-4-18-11(14-7)13-6-1-2-8-9(3-6)17-5-16-8/h1-4H,5H2,(H2,12,15)(H,13,14). The molecule has 0 atom stereocenters. The van der Waals surface area contributed by atoms with E-state index in [1.807, 2.05) is 18.2 Å². The fourth-order valence-corrected chi connectivity index (χ4v) is 2.26. The number of hydrogen-bond acceptors (Lipinski definition) is 6. The van der Waals surface area contributed by atoms with Crippen LogP contribution in [0.1, 0.15) is 10.5 Å². The third kappa shape index (κ3) is 1.95. The molecule has 0 fully saturated rings. The lowest BCUT2D eigenvalue weighted by Crippen LogP contribution is -2.11. The Morgan fingerprint density at radius 3 is 3.00 bits per heavy atom. The topological polar surface area (TPSA) is 86.5 Å². The lowest BCUT2D eigenvalue weighted by molar-refractivity contribution is 0.0996. The minimum atomic E-state index is -0.537. The third-order valence-electron chi connectivity index (χ3n) is 2.38. The Balaban J connectivity index is 1.81. The van der Waals surface area contributed by atoms with Gasteiger partial charge in [-0.25, -0.2) is 4.98 Å². The Kier molecular flexibility index (Phi) is 2.52. The van der Waals surface area contributed by atoms with Gasteiger partial charge in [-0.1, -0.05) is 0 Å². The van der Waals surface area contributed by atoms with Crippen molar-refractivity contribution >= 4 is 28.1 Å². The number of rotatable bonds is 3. The minimum absolute atomic E-state index is 0.238. The molecule has 92 valence electrons. The number of carbonyl (C=O) groups is 1. The molecule has 1 aromatic carbocycles. The molecule has 3 rings (SSSR count). The average molecular weight is 263 g/mol. The summed E-state index contributed by atoms with van der Waals surface area (Å²) in [5, 5.41) is 5.28. The third-order valence-corrected chi connectivity index (χ3v) is 3.14. The van der Waals surface area contributed by atoms with Crippen LogP contribution in [0.3, 0.4) is 0 Å². The molecular formula is C11H9N3O3S. The van der Waals surface area contributed by atoms with Crippen LogP contribution in [0.5, 0.6) is 11.5 Å². The van der Waals surface area contributed by atoms with Gasteiger partial charge in [-0.15, -0.1) is 11.3 Å². The van der Waals surface area contributed by atoms with Crippen molar-refractivity contribution < 1.29 is 14.3 Å². The summed E-state index contributed by atoms with van der Waals surface area (Å²) in [6.07, 6.45) is 0. The van der Waals surface area contributed by atoms with Crippen LogP contribution in [-0.4, -0.2) is 17.7 Å². The number of hydrogen-bond donors (Lipinski definition) is 2. The lowest BCUT2D eigenvalue weighted by Gasteiger charge is -2.03. The molecule has 3 N–H and O–H groups in total. The van der Waals surface area contributed by atoms with Gasteiger partial charge in [0.25, 0.3) is 5.91 Å². The van der Waals surface area contributed by atoms with E-state index in [0.29, 0.717) is 10.9 Å². The molecular weight excluding hydrogens is 254 g/mol. The summed E-state index contributed by atoms with van der Waals surface area (Å²) in [5.41, 5.74) is 6.20. The van der Waals surface area contributed by atoms with Gasteiger partial charge in [0.15, 0.2) is 16.6 Å². The molecule has 1 amide bonds. The number of nitrogens with zero attached hydrogens (tertiary/aromatic N) is 1. The van der Waals surface area contributed by atoms with Crippen LogP contribution >= 0.6 is 11.3 Å². The number of nitrogens with two attached hydrogens (primary N) is 1. The fraction of sp³-hybridized carbons (Fsp3) is 0.0909. The van der Waals surface area contributed by atoms with Gasteiger partial charge in [0, 0.05) is 17.1 Å². The predicted octanol–water partition coefficient (Wildman–Crippen LogP) is 1.71. The zero-order chi connectivity index (χ0) is 12.5. The molecule has 0 spiro atoms. The molecule has 18 heavy (non-hydrogen) atoms. The highest BCUT2D eigenvalue weighted by molar-refractivity contribution is 7.14. The molecule has 6 nitrogen and oxygen atoms in total. The first-order chi connectivity index (χ1) is 8.72. The summed E-state index contributed by atoms with van der Waals surface area (Å²) >= 11 is 1.31. The quantitative estimate of drug-likeness (QED) is 0.880. The number of primary amides is 1. The fourth-order valence-electron chi connectivity index (χ4n) is 1.54. The highest BCUT2D eigenvalue weighted by Crippen LogP contribution is 2.35. The number of amides is 1. The number of nitrogens with one attached hydrogen (secondary N) is 1. The number of thiazole rings is 1. The molecule has 0 unspecified atom stereocenters. The second-order valence-electron chi connectivity index (χ2n) is 3.60. The molecule has 1 aliphatic rings. The molecule has 0 radical (unpaired) electrons. The zero-order valence-electron chi connectivity index (χ0n) is 9.17. The van der Waals surface area contributed by atoms with Crippen molar-refractivity contribution in [1.82, 2.24) is 4.98 Å². The second-order valence-corrected chi connectivity index (χ2v) is 4.45. The van der Waals surface area contributed by atoms with E-state index >= 15 is 0 Å². The van der Waals surface area contributed by atoms with Crippen molar-refractivity contribution in [3.05, 3.63) is 29.3 Å². The van der Waals surface area contributed by atoms with Crippen LogP contribution in [0.15, 0.2) is 23.6 Å². The maximum absolute atomic E-state index is 10.9. The maximum Gasteiger partial charge on any atom is 0.268 e. The second kappa shape index (κ2) is 4.19. The number of ether oxygens (including phenoxy) is 2. The van der Waals surface area contributed by atoms with Crippen LogP contribution in [0.4, 0.5) is 10.8 Å². The van der Waals surface area contributed by atoms with Crippen LogP contribution in [0.2, 0.25) is 0 Å². The van der Waals surface area contributed by atoms with E-state index in [2.05, 4.69) is 10.3 Å². The summed E-state index contributed by atoms with van der Waals surface area (Å²) < 4.78 is 10.5. The zero-order valence-corrected chi connectivity index (χ0v) is 9.99. The molecule has 7 heteroatoms.